The van der Waals surface area contributed by atoms with Crippen molar-refractivity contribution in [3.05, 3.63) is 42.6 Å². The van der Waals surface area contributed by atoms with Crippen LogP contribution in [0.4, 0.5) is 0 Å². The van der Waals surface area contributed by atoms with E-state index in [4.69, 9.17) is 24.3 Å². The summed E-state index contributed by atoms with van der Waals surface area (Å²) >= 11 is 0. The van der Waals surface area contributed by atoms with E-state index in [0.717, 1.165) is 0 Å². The van der Waals surface area contributed by atoms with Gasteiger partial charge in [-0.3, -0.25) is 9.32 Å². The number of rotatable bonds is 10. The van der Waals surface area contributed by atoms with Gasteiger partial charge in [0.15, 0.2) is 0 Å². The lowest BCUT2D eigenvalue weighted by Crippen LogP contribution is -2.42. The zero-order valence-corrected chi connectivity index (χ0v) is 20.1. The monoisotopic (exact) mass is 498 g/mol. The third-order valence-electron chi connectivity index (χ3n) is 4.92. The van der Waals surface area contributed by atoms with E-state index in [-0.39, 0.29) is 30.7 Å². The molecule has 6 atom stereocenters. The fraction of sp³-hybridized carbons (Fsp3) is 0.524. The van der Waals surface area contributed by atoms with Crippen molar-refractivity contribution in [2.45, 2.75) is 64.1 Å². The number of nitrogens with two attached hydrogens (primary N) is 1. The number of amidine groups is 1. The molecule has 2 heterocycles. The lowest BCUT2D eigenvalue weighted by Gasteiger charge is -2.31. The average Bonchev–Trinajstić information content (AvgIpc) is 3.12. The highest BCUT2D eigenvalue weighted by molar-refractivity contribution is 7.52. The fourth-order valence-corrected chi connectivity index (χ4v) is 4.78. The van der Waals surface area contributed by atoms with E-state index in [9.17, 15) is 19.6 Å². The van der Waals surface area contributed by atoms with Crippen LogP contribution < -0.4 is 15.3 Å². The Bertz CT molecular complexity index is 944. The molecule has 13 heteroatoms. The molecule has 0 radical (unpaired) electrons. The quantitative estimate of drug-likeness (QED) is 0.269. The second-order valence-electron chi connectivity index (χ2n) is 8.13. The smallest absolute Gasteiger partial charge is 0.459 e. The van der Waals surface area contributed by atoms with Gasteiger partial charge in [0.05, 0.1) is 18.8 Å². The van der Waals surface area contributed by atoms with Crippen LogP contribution in [0.1, 0.15) is 27.2 Å². The number of aliphatic hydroxyl groups is 2. The number of nitrogens with zero attached hydrogens (tertiary/aromatic N) is 2. The Labute approximate surface area is 197 Å². The highest BCUT2D eigenvalue weighted by Crippen LogP contribution is 2.45. The van der Waals surface area contributed by atoms with Crippen LogP contribution in [0, 0.1) is 0 Å². The van der Waals surface area contributed by atoms with Gasteiger partial charge in [-0.25, -0.2) is 9.56 Å². The van der Waals surface area contributed by atoms with E-state index >= 15 is 0 Å². The zero-order chi connectivity index (χ0) is 24.9. The van der Waals surface area contributed by atoms with E-state index in [1.165, 1.54) is 24.1 Å². The maximum atomic E-state index is 13.5. The standard InChI is InChI=1S/C21H31N4O8P/c1-13(2)31-20(27)14(3)24-34(29,33-15-7-5-4-6-8-15)30-12-17-16(26)11-19(32-17)25-10-9-18(22)23-21(25)28/h4-10,13-14,16-17,19,21,26,28H,11-12H2,1-3H3,(H2,22,23)(H,24,29)/t14-,16+,17+,19+,21?,34?/m0/s1. The summed E-state index contributed by atoms with van der Waals surface area (Å²) in [5, 5.41) is 23.1. The van der Waals surface area contributed by atoms with Gasteiger partial charge in [-0.15, -0.1) is 0 Å². The van der Waals surface area contributed by atoms with Gasteiger partial charge in [0.2, 0.25) is 6.35 Å². The Kier molecular flexibility index (Phi) is 8.69. The number of hydrogen-bond acceptors (Lipinski definition) is 11. The van der Waals surface area contributed by atoms with E-state index in [1.807, 2.05) is 0 Å². The highest BCUT2D eigenvalue weighted by Gasteiger charge is 2.41. The molecule has 0 aliphatic carbocycles. The Balaban J connectivity index is 1.67. The normalized spacial score (nSPS) is 27.2. The molecule has 2 unspecified atom stereocenters. The molecule has 1 fully saturated rings. The number of aliphatic hydroxyl groups excluding tert-OH is 2. The van der Waals surface area contributed by atoms with Crippen LogP contribution in [0.15, 0.2) is 47.6 Å². The number of carbonyl (C=O) groups is 1. The summed E-state index contributed by atoms with van der Waals surface area (Å²) in [6, 6.07) is 7.31. The van der Waals surface area contributed by atoms with E-state index in [0.29, 0.717) is 0 Å². The molecule has 3 rings (SSSR count). The SMILES string of the molecule is CC(C)OC(=O)[C@H](C)NP(=O)(OC[C@H]1O[C@@H](N2C=CC(N)=NC2O)C[C@H]1O)Oc1ccccc1. The first-order chi connectivity index (χ1) is 16.1. The molecule has 34 heavy (non-hydrogen) atoms. The van der Waals surface area contributed by atoms with E-state index in [2.05, 4.69) is 10.1 Å². The van der Waals surface area contributed by atoms with Crippen LogP contribution in [0.5, 0.6) is 5.75 Å². The van der Waals surface area contributed by atoms with Crippen molar-refractivity contribution in [1.82, 2.24) is 9.99 Å². The van der Waals surface area contributed by atoms with Gasteiger partial charge in [0.1, 0.15) is 30.0 Å². The minimum atomic E-state index is -4.10. The van der Waals surface area contributed by atoms with Crippen molar-refractivity contribution in [2.24, 2.45) is 10.7 Å². The number of hydrogen-bond donors (Lipinski definition) is 4. The van der Waals surface area contributed by atoms with Crippen molar-refractivity contribution >= 4 is 19.6 Å². The second kappa shape index (κ2) is 11.3. The number of nitrogens with one attached hydrogen (secondary N) is 1. The molecule has 0 spiro atoms. The molecule has 2 aliphatic rings. The van der Waals surface area contributed by atoms with Gasteiger partial charge in [0.25, 0.3) is 0 Å². The molecule has 0 amide bonds. The van der Waals surface area contributed by atoms with Gasteiger partial charge in [-0.1, -0.05) is 18.2 Å². The summed E-state index contributed by atoms with van der Waals surface area (Å²) in [5.74, 6) is -0.207. The van der Waals surface area contributed by atoms with Crippen molar-refractivity contribution in [3.63, 3.8) is 0 Å². The summed E-state index contributed by atoms with van der Waals surface area (Å²) in [6.45, 7) is 4.55. The van der Waals surface area contributed by atoms with Crippen molar-refractivity contribution in [3.8, 4) is 5.75 Å². The van der Waals surface area contributed by atoms with Crippen LogP contribution in [-0.2, 0) is 23.4 Å². The minimum Gasteiger partial charge on any atom is -0.462 e. The van der Waals surface area contributed by atoms with Gasteiger partial charge in [0, 0.05) is 12.6 Å². The van der Waals surface area contributed by atoms with Gasteiger partial charge in [-0.05, 0) is 39.0 Å². The van der Waals surface area contributed by atoms with Gasteiger partial charge in [-0.2, -0.15) is 5.09 Å². The predicted molar refractivity (Wildman–Crippen MR) is 122 cm³/mol. The average molecular weight is 498 g/mol. The first-order valence-electron chi connectivity index (χ1n) is 10.8. The number of benzene rings is 1. The Morgan fingerprint density at radius 3 is 2.68 bits per heavy atom. The van der Waals surface area contributed by atoms with Gasteiger partial charge < -0.3 is 34.8 Å². The van der Waals surface area contributed by atoms with Crippen molar-refractivity contribution < 1.29 is 38.1 Å². The molecule has 12 nitrogen and oxygen atoms in total. The number of aliphatic imine (C=N–C) groups is 1. The molecule has 1 saturated heterocycles. The molecular formula is C21H31N4O8P. The minimum absolute atomic E-state index is 0.138. The van der Waals surface area contributed by atoms with E-state index < -0.39 is 44.5 Å². The van der Waals surface area contributed by atoms with Crippen LogP contribution in [0.25, 0.3) is 0 Å². The third kappa shape index (κ3) is 7.02. The molecule has 0 bridgehead atoms. The second-order valence-corrected chi connectivity index (χ2v) is 9.82. The van der Waals surface area contributed by atoms with Crippen LogP contribution >= 0.6 is 7.75 Å². The lowest BCUT2D eigenvalue weighted by molar-refractivity contribution is -0.149. The molecule has 5 N–H and O–H groups in total. The molecule has 0 saturated carbocycles. The summed E-state index contributed by atoms with van der Waals surface area (Å²) in [7, 11) is -4.10. The summed E-state index contributed by atoms with van der Waals surface area (Å²) in [4.78, 5) is 17.5. The maximum Gasteiger partial charge on any atom is 0.459 e. The molecular weight excluding hydrogens is 467 g/mol. The predicted octanol–water partition coefficient (Wildman–Crippen LogP) is 1.06. The zero-order valence-electron chi connectivity index (χ0n) is 19.2. The Morgan fingerprint density at radius 1 is 1.32 bits per heavy atom. The van der Waals surface area contributed by atoms with Crippen LogP contribution in [0.3, 0.4) is 0 Å². The maximum absolute atomic E-state index is 13.5. The van der Waals surface area contributed by atoms with Crippen molar-refractivity contribution in [1.29, 1.82) is 0 Å². The molecule has 188 valence electrons. The highest BCUT2D eigenvalue weighted by atomic mass is 31.2. The van der Waals surface area contributed by atoms with Crippen molar-refractivity contribution in [2.75, 3.05) is 6.61 Å². The first-order valence-corrected chi connectivity index (χ1v) is 12.4. The Morgan fingerprint density at radius 2 is 2.03 bits per heavy atom. The molecule has 2 aliphatic heterocycles. The number of para-hydroxylation sites is 1. The number of esters is 1. The summed E-state index contributed by atoms with van der Waals surface area (Å²) < 4.78 is 35.6. The van der Waals surface area contributed by atoms with E-state index in [1.54, 1.807) is 44.2 Å². The Hall–Kier alpha value is -2.47. The molecule has 1 aromatic rings. The fourth-order valence-electron chi connectivity index (χ4n) is 3.28. The lowest BCUT2D eigenvalue weighted by atomic mass is 10.2. The van der Waals surface area contributed by atoms with Crippen LogP contribution in [0.2, 0.25) is 0 Å². The first kappa shape index (κ1) is 26.1. The van der Waals surface area contributed by atoms with Gasteiger partial charge >= 0.3 is 13.7 Å². The number of ether oxygens (including phenoxy) is 2. The molecule has 0 aromatic heterocycles. The summed E-state index contributed by atoms with van der Waals surface area (Å²) in [5.41, 5.74) is 5.57. The molecule has 1 aromatic carbocycles. The van der Waals surface area contributed by atoms with Crippen LogP contribution in [-0.4, -0.2) is 70.5 Å². The number of carbonyl (C=O) groups excluding carboxylic acids is 1. The largest absolute Gasteiger partial charge is 0.462 e. The third-order valence-corrected chi connectivity index (χ3v) is 6.56. The summed E-state index contributed by atoms with van der Waals surface area (Å²) in [6.07, 6.45) is -1.05. The topological polar surface area (TPSA) is 165 Å².